The molecular formula is C12H24O. The fourth-order valence-electron chi connectivity index (χ4n) is 2.64. The zero-order valence-electron chi connectivity index (χ0n) is 9.98. The molecule has 1 aliphatic rings. The number of ketones is 1. The molecule has 1 saturated carbocycles. The zero-order valence-corrected chi connectivity index (χ0v) is 9.98. The summed E-state index contributed by atoms with van der Waals surface area (Å²) in [5.74, 6) is 1.28. The zero-order chi connectivity index (χ0) is 10.6. The molecule has 1 rings (SSSR count). The van der Waals surface area contributed by atoms with E-state index in [1.165, 1.54) is 12.8 Å². The lowest BCUT2D eigenvalue weighted by molar-refractivity contribution is -0.124. The van der Waals surface area contributed by atoms with E-state index in [0.29, 0.717) is 17.6 Å². The largest absolute Gasteiger partial charge is 0.300 e. The standard InChI is InChI=1S/C10H18O.C2H6/c1-7-5-6-10(3,4)9(7)8(2)11;1-2/h7,9H,5-6H2,1-4H3;1-2H3. The van der Waals surface area contributed by atoms with E-state index in [1.54, 1.807) is 6.92 Å². The minimum Gasteiger partial charge on any atom is -0.300 e. The molecular weight excluding hydrogens is 160 g/mol. The van der Waals surface area contributed by atoms with Crippen LogP contribution in [-0.2, 0) is 4.79 Å². The van der Waals surface area contributed by atoms with Crippen LogP contribution in [0.5, 0.6) is 0 Å². The summed E-state index contributed by atoms with van der Waals surface area (Å²) in [7, 11) is 0. The summed E-state index contributed by atoms with van der Waals surface area (Å²) >= 11 is 0. The second-order valence-electron chi connectivity index (χ2n) is 4.59. The highest BCUT2D eigenvalue weighted by Crippen LogP contribution is 2.46. The van der Waals surface area contributed by atoms with Crippen molar-refractivity contribution < 1.29 is 4.79 Å². The topological polar surface area (TPSA) is 17.1 Å². The van der Waals surface area contributed by atoms with E-state index in [9.17, 15) is 4.79 Å². The lowest BCUT2D eigenvalue weighted by atomic mass is 9.77. The molecule has 1 aliphatic carbocycles. The first-order valence-electron chi connectivity index (χ1n) is 5.45. The summed E-state index contributed by atoms with van der Waals surface area (Å²) in [6.07, 6.45) is 2.43. The molecule has 2 unspecified atom stereocenters. The van der Waals surface area contributed by atoms with Crippen molar-refractivity contribution in [3.8, 4) is 0 Å². The van der Waals surface area contributed by atoms with Gasteiger partial charge in [-0.2, -0.15) is 0 Å². The van der Waals surface area contributed by atoms with Gasteiger partial charge in [0.1, 0.15) is 5.78 Å². The van der Waals surface area contributed by atoms with E-state index in [0.717, 1.165) is 0 Å². The van der Waals surface area contributed by atoms with Crippen LogP contribution in [0.15, 0.2) is 0 Å². The molecule has 0 bridgehead atoms. The van der Waals surface area contributed by atoms with Gasteiger partial charge in [0.05, 0.1) is 0 Å². The van der Waals surface area contributed by atoms with Crippen molar-refractivity contribution in [3.05, 3.63) is 0 Å². The van der Waals surface area contributed by atoms with Crippen molar-refractivity contribution in [1.29, 1.82) is 0 Å². The molecule has 0 aliphatic heterocycles. The summed E-state index contributed by atoms with van der Waals surface area (Å²) < 4.78 is 0. The Morgan fingerprint density at radius 2 is 1.77 bits per heavy atom. The van der Waals surface area contributed by atoms with Gasteiger partial charge in [0.2, 0.25) is 0 Å². The Bertz CT molecular complexity index is 170. The predicted molar refractivity (Wildman–Crippen MR) is 57.7 cm³/mol. The third-order valence-electron chi connectivity index (χ3n) is 3.09. The maximum atomic E-state index is 11.3. The van der Waals surface area contributed by atoms with Crippen LogP contribution in [-0.4, -0.2) is 5.78 Å². The van der Waals surface area contributed by atoms with Crippen molar-refractivity contribution >= 4 is 5.78 Å². The van der Waals surface area contributed by atoms with Gasteiger partial charge >= 0.3 is 0 Å². The van der Waals surface area contributed by atoms with E-state index in [-0.39, 0.29) is 5.41 Å². The van der Waals surface area contributed by atoms with Crippen LogP contribution >= 0.6 is 0 Å². The van der Waals surface area contributed by atoms with Crippen molar-refractivity contribution in [1.82, 2.24) is 0 Å². The van der Waals surface area contributed by atoms with Gasteiger partial charge in [-0.3, -0.25) is 4.79 Å². The first kappa shape index (κ1) is 12.7. The molecule has 0 N–H and O–H groups in total. The summed E-state index contributed by atoms with van der Waals surface area (Å²) in [6.45, 7) is 12.3. The maximum Gasteiger partial charge on any atom is 0.133 e. The molecule has 0 aromatic heterocycles. The summed E-state index contributed by atoms with van der Waals surface area (Å²) in [6, 6.07) is 0. The van der Waals surface area contributed by atoms with Crippen LogP contribution in [0.25, 0.3) is 0 Å². The van der Waals surface area contributed by atoms with Gasteiger partial charge in [-0.25, -0.2) is 0 Å². The fourth-order valence-corrected chi connectivity index (χ4v) is 2.64. The molecule has 0 radical (unpaired) electrons. The molecule has 2 atom stereocenters. The van der Waals surface area contributed by atoms with Crippen molar-refractivity contribution in [2.24, 2.45) is 17.3 Å². The molecule has 1 heteroatoms. The number of rotatable bonds is 1. The number of carbonyl (C=O) groups excluding carboxylic acids is 1. The van der Waals surface area contributed by atoms with E-state index < -0.39 is 0 Å². The Morgan fingerprint density at radius 1 is 1.31 bits per heavy atom. The Labute approximate surface area is 82.9 Å². The average molecular weight is 184 g/mol. The molecule has 0 aromatic carbocycles. The van der Waals surface area contributed by atoms with Gasteiger partial charge in [-0.1, -0.05) is 34.6 Å². The van der Waals surface area contributed by atoms with Gasteiger partial charge in [-0.15, -0.1) is 0 Å². The quantitative estimate of drug-likeness (QED) is 0.607. The summed E-state index contributed by atoms with van der Waals surface area (Å²) in [4.78, 5) is 11.3. The van der Waals surface area contributed by atoms with E-state index in [2.05, 4.69) is 20.8 Å². The van der Waals surface area contributed by atoms with Gasteiger partial charge in [0.25, 0.3) is 0 Å². The van der Waals surface area contributed by atoms with Crippen LogP contribution in [0.4, 0.5) is 0 Å². The molecule has 13 heavy (non-hydrogen) atoms. The summed E-state index contributed by atoms with van der Waals surface area (Å²) in [5.41, 5.74) is 0.255. The number of carbonyl (C=O) groups is 1. The third-order valence-corrected chi connectivity index (χ3v) is 3.09. The molecule has 0 heterocycles. The molecule has 78 valence electrons. The van der Waals surface area contributed by atoms with Crippen LogP contribution < -0.4 is 0 Å². The fraction of sp³-hybridized carbons (Fsp3) is 0.917. The van der Waals surface area contributed by atoms with Crippen molar-refractivity contribution in [3.63, 3.8) is 0 Å². The monoisotopic (exact) mass is 184 g/mol. The van der Waals surface area contributed by atoms with Crippen molar-refractivity contribution in [2.75, 3.05) is 0 Å². The Kier molecular flexibility index (Phi) is 4.66. The van der Waals surface area contributed by atoms with Crippen molar-refractivity contribution in [2.45, 2.75) is 54.4 Å². The summed E-state index contributed by atoms with van der Waals surface area (Å²) in [5, 5.41) is 0. The van der Waals surface area contributed by atoms with Crippen LogP contribution in [0.2, 0.25) is 0 Å². The molecule has 0 spiro atoms. The molecule has 0 aromatic rings. The van der Waals surface area contributed by atoms with Gasteiger partial charge < -0.3 is 0 Å². The van der Waals surface area contributed by atoms with Gasteiger partial charge in [-0.05, 0) is 31.1 Å². The first-order valence-corrected chi connectivity index (χ1v) is 5.45. The Morgan fingerprint density at radius 3 is 1.92 bits per heavy atom. The van der Waals surface area contributed by atoms with Crippen LogP contribution in [0.3, 0.4) is 0 Å². The first-order chi connectivity index (χ1) is 5.95. The number of hydrogen-bond donors (Lipinski definition) is 0. The lowest BCUT2D eigenvalue weighted by Crippen LogP contribution is -2.27. The Hall–Kier alpha value is -0.330. The second kappa shape index (κ2) is 4.78. The highest BCUT2D eigenvalue weighted by Gasteiger charge is 2.42. The highest BCUT2D eigenvalue weighted by atomic mass is 16.1. The molecule has 1 nitrogen and oxygen atoms in total. The minimum absolute atomic E-state index is 0.255. The van der Waals surface area contributed by atoms with E-state index in [1.807, 2.05) is 13.8 Å². The van der Waals surface area contributed by atoms with E-state index >= 15 is 0 Å². The average Bonchev–Trinajstić information content (AvgIpc) is 2.29. The van der Waals surface area contributed by atoms with Crippen LogP contribution in [0, 0.1) is 17.3 Å². The van der Waals surface area contributed by atoms with Gasteiger partial charge in [0.15, 0.2) is 0 Å². The van der Waals surface area contributed by atoms with E-state index in [4.69, 9.17) is 0 Å². The third kappa shape index (κ3) is 2.82. The highest BCUT2D eigenvalue weighted by molar-refractivity contribution is 5.79. The molecule has 0 amide bonds. The van der Waals surface area contributed by atoms with Gasteiger partial charge in [0, 0.05) is 5.92 Å². The maximum absolute atomic E-state index is 11.3. The SMILES string of the molecule is CC.CC(=O)C1C(C)CCC1(C)C. The predicted octanol–water partition coefficient (Wildman–Crippen LogP) is 3.67. The molecule has 0 saturated heterocycles. The second-order valence-corrected chi connectivity index (χ2v) is 4.59. The molecule has 1 fully saturated rings. The number of hydrogen-bond acceptors (Lipinski definition) is 1. The Balaban J connectivity index is 0.000000671. The lowest BCUT2D eigenvalue weighted by Gasteiger charge is -2.26. The normalized spacial score (nSPS) is 30.6. The minimum atomic E-state index is 0.255. The smallest absolute Gasteiger partial charge is 0.133 e. The number of Topliss-reactive ketones (excluding diaryl/α,β-unsaturated/α-hetero) is 1. The van der Waals surface area contributed by atoms with Crippen LogP contribution in [0.1, 0.15) is 54.4 Å².